The molecule has 72 valence electrons. The van der Waals surface area contributed by atoms with Crippen LogP contribution in [0.2, 0.25) is 0 Å². The highest BCUT2D eigenvalue weighted by atomic mass is 19.1. The lowest BCUT2D eigenvalue weighted by Crippen LogP contribution is -1.93. The number of hydrogen-bond acceptors (Lipinski definition) is 1. The molecular formula is C10H13F2N. The first-order valence-corrected chi connectivity index (χ1v) is 4.11. The second kappa shape index (κ2) is 5.41. The Morgan fingerprint density at radius 3 is 2.15 bits per heavy atom. The quantitative estimate of drug-likeness (QED) is 0.649. The summed E-state index contributed by atoms with van der Waals surface area (Å²) < 4.78 is 25.1. The molecule has 0 unspecified atom stereocenters. The predicted molar refractivity (Wildman–Crippen MR) is 50.3 cm³/mol. The van der Waals surface area contributed by atoms with E-state index in [1.54, 1.807) is 6.92 Å². The summed E-state index contributed by atoms with van der Waals surface area (Å²) in [5, 5.41) is 6.81. The van der Waals surface area contributed by atoms with Crippen LogP contribution in [0.3, 0.4) is 0 Å². The summed E-state index contributed by atoms with van der Waals surface area (Å²) in [6.45, 7) is 5.56. The normalized spacial score (nSPS) is 8.69. The van der Waals surface area contributed by atoms with E-state index in [0.29, 0.717) is 5.56 Å². The number of benzene rings is 1. The van der Waals surface area contributed by atoms with Gasteiger partial charge in [0.15, 0.2) is 0 Å². The first kappa shape index (κ1) is 11.8. The van der Waals surface area contributed by atoms with Crippen molar-refractivity contribution in [1.82, 2.24) is 0 Å². The maximum Gasteiger partial charge on any atom is 0.135 e. The maximum atomic E-state index is 12.7. The number of nitrogens with one attached hydrogen (secondary N) is 1. The Bertz CT molecular complexity index is 272. The smallest absolute Gasteiger partial charge is 0.135 e. The fraction of sp³-hybridized carbons (Fsp3) is 0.300. The molecule has 1 aromatic carbocycles. The minimum Gasteiger partial charge on any atom is -0.308 e. The number of aryl methyl sites for hydroxylation is 1. The molecule has 0 heterocycles. The molecular weight excluding hydrogens is 172 g/mol. The van der Waals surface area contributed by atoms with E-state index in [1.807, 2.05) is 13.8 Å². The summed E-state index contributed by atoms with van der Waals surface area (Å²) in [6, 6.07) is 1.97. The van der Waals surface area contributed by atoms with E-state index >= 15 is 0 Å². The van der Waals surface area contributed by atoms with Crippen LogP contribution in [-0.4, -0.2) is 6.21 Å². The van der Waals surface area contributed by atoms with Crippen molar-refractivity contribution >= 4 is 6.21 Å². The van der Waals surface area contributed by atoms with E-state index in [2.05, 4.69) is 0 Å². The summed E-state index contributed by atoms with van der Waals surface area (Å²) in [7, 11) is 0. The molecule has 0 bridgehead atoms. The molecule has 0 saturated heterocycles. The van der Waals surface area contributed by atoms with Crippen molar-refractivity contribution in [3.63, 3.8) is 0 Å². The average molecular weight is 185 g/mol. The summed E-state index contributed by atoms with van der Waals surface area (Å²) >= 11 is 0. The molecule has 1 rings (SSSR count). The number of hydrogen-bond donors (Lipinski definition) is 1. The molecule has 0 aliphatic carbocycles. The Balaban J connectivity index is 0.000000671. The molecule has 1 nitrogen and oxygen atoms in total. The van der Waals surface area contributed by atoms with E-state index in [-0.39, 0.29) is 5.56 Å². The van der Waals surface area contributed by atoms with Gasteiger partial charge in [-0.3, -0.25) is 0 Å². The van der Waals surface area contributed by atoms with Crippen molar-refractivity contribution < 1.29 is 8.78 Å². The third-order valence-electron chi connectivity index (χ3n) is 1.45. The van der Waals surface area contributed by atoms with Crippen LogP contribution in [-0.2, 0) is 0 Å². The Hall–Kier alpha value is -1.25. The number of halogens is 2. The van der Waals surface area contributed by atoms with Crippen molar-refractivity contribution in [1.29, 1.82) is 5.41 Å². The summed E-state index contributed by atoms with van der Waals surface area (Å²) in [4.78, 5) is 0. The maximum absolute atomic E-state index is 12.7. The zero-order valence-corrected chi connectivity index (χ0v) is 7.99. The average Bonchev–Trinajstić information content (AvgIpc) is 2.07. The molecule has 3 heteroatoms. The summed E-state index contributed by atoms with van der Waals surface area (Å²) in [5.41, 5.74) is 0.587. The molecule has 0 aromatic heterocycles. The van der Waals surface area contributed by atoms with Crippen LogP contribution in [0, 0.1) is 24.0 Å². The molecule has 0 fully saturated rings. The van der Waals surface area contributed by atoms with Crippen molar-refractivity contribution in [2.45, 2.75) is 20.8 Å². The standard InChI is InChI=1S/C8H7F2N.C2H6/c1-5-2-6(9)3-8(10)7(5)4-11;1-2/h2-4,11H,1H3;1-2H3. The molecule has 0 spiro atoms. The van der Waals surface area contributed by atoms with Gasteiger partial charge in [0.2, 0.25) is 0 Å². The largest absolute Gasteiger partial charge is 0.308 e. The van der Waals surface area contributed by atoms with Gasteiger partial charge in [0.05, 0.1) is 0 Å². The highest BCUT2D eigenvalue weighted by Crippen LogP contribution is 2.12. The van der Waals surface area contributed by atoms with E-state index in [0.717, 1.165) is 12.3 Å². The minimum atomic E-state index is -0.683. The van der Waals surface area contributed by atoms with Crippen LogP contribution in [0.1, 0.15) is 25.0 Å². The lowest BCUT2D eigenvalue weighted by atomic mass is 10.1. The molecule has 0 aliphatic heterocycles. The highest BCUT2D eigenvalue weighted by molar-refractivity contribution is 5.79. The van der Waals surface area contributed by atoms with E-state index in [4.69, 9.17) is 5.41 Å². The molecule has 0 radical (unpaired) electrons. The van der Waals surface area contributed by atoms with Crippen molar-refractivity contribution in [3.05, 3.63) is 34.9 Å². The fourth-order valence-corrected chi connectivity index (χ4v) is 0.896. The van der Waals surface area contributed by atoms with Crippen molar-refractivity contribution in [3.8, 4) is 0 Å². The van der Waals surface area contributed by atoms with Crippen LogP contribution in [0.5, 0.6) is 0 Å². The first-order valence-electron chi connectivity index (χ1n) is 4.11. The fourth-order valence-electron chi connectivity index (χ4n) is 0.896. The minimum absolute atomic E-state index is 0.145. The number of rotatable bonds is 1. The van der Waals surface area contributed by atoms with Crippen molar-refractivity contribution in [2.75, 3.05) is 0 Å². The van der Waals surface area contributed by atoms with Gasteiger partial charge in [0, 0.05) is 17.8 Å². The lowest BCUT2D eigenvalue weighted by molar-refractivity contribution is 0.580. The third kappa shape index (κ3) is 2.93. The Kier molecular flexibility index (Phi) is 4.89. The second-order valence-corrected chi connectivity index (χ2v) is 2.26. The SMILES string of the molecule is CC.Cc1cc(F)cc(F)c1C=N. The summed E-state index contributed by atoms with van der Waals surface area (Å²) in [6.07, 6.45) is 0.879. The van der Waals surface area contributed by atoms with Crippen LogP contribution in [0.4, 0.5) is 8.78 Å². The van der Waals surface area contributed by atoms with Crippen LogP contribution < -0.4 is 0 Å². The molecule has 0 saturated carbocycles. The van der Waals surface area contributed by atoms with Gasteiger partial charge in [-0.25, -0.2) is 8.78 Å². The second-order valence-electron chi connectivity index (χ2n) is 2.26. The molecule has 13 heavy (non-hydrogen) atoms. The van der Waals surface area contributed by atoms with E-state index in [1.165, 1.54) is 6.07 Å². The predicted octanol–water partition coefficient (Wildman–Crippen LogP) is 3.30. The monoisotopic (exact) mass is 185 g/mol. The van der Waals surface area contributed by atoms with Gasteiger partial charge in [0.1, 0.15) is 11.6 Å². The van der Waals surface area contributed by atoms with Gasteiger partial charge in [-0.15, -0.1) is 0 Å². The Morgan fingerprint density at radius 2 is 1.77 bits per heavy atom. The molecule has 1 N–H and O–H groups in total. The highest BCUT2D eigenvalue weighted by Gasteiger charge is 2.04. The Labute approximate surface area is 76.9 Å². The van der Waals surface area contributed by atoms with Crippen LogP contribution in [0.25, 0.3) is 0 Å². The summed E-state index contributed by atoms with van der Waals surface area (Å²) in [5.74, 6) is -1.29. The van der Waals surface area contributed by atoms with Gasteiger partial charge in [-0.05, 0) is 18.6 Å². The van der Waals surface area contributed by atoms with Crippen molar-refractivity contribution in [2.24, 2.45) is 0 Å². The van der Waals surface area contributed by atoms with Gasteiger partial charge in [-0.1, -0.05) is 13.8 Å². The first-order chi connectivity index (χ1) is 6.15. The molecule has 1 aromatic rings. The molecule has 0 atom stereocenters. The Morgan fingerprint density at radius 1 is 1.23 bits per heavy atom. The van der Waals surface area contributed by atoms with Gasteiger partial charge in [-0.2, -0.15) is 0 Å². The third-order valence-corrected chi connectivity index (χ3v) is 1.45. The lowest BCUT2D eigenvalue weighted by Gasteiger charge is -1.99. The topological polar surface area (TPSA) is 23.9 Å². The molecule has 0 amide bonds. The van der Waals surface area contributed by atoms with Gasteiger partial charge in [0.25, 0.3) is 0 Å². The van der Waals surface area contributed by atoms with E-state index in [9.17, 15) is 8.78 Å². The molecule has 0 aliphatic rings. The van der Waals surface area contributed by atoms with Gasteiger partial charge < -0.3 is 5.41 Å². The van der Waals surface area contributed by atoms with Crippen LogP contribution >= 0.6 is 0 Å². The van der Waals surface area contributed by atoms with Crippen LogP contribution in [0.15, 0.2) is 12.1 Å². The van der Waals surface area contributed by atoms with E-state index < -0.39 is 11.6 Å². The zero-order chi connectivity index (χ0) is 10.4. The zero-order valence-electron chi connectivity index (χ0n) is 7.99. The van der Waals surface area contributed by atoms with Gasteiger partial charge >= 0.3 is 0 Å².